The van der Waals surface area contributed by atoms with E-state index in [2.05, 4.69) is 0 Å². The van der Waals surface area contributed by atoms with Crippen LogP contribution >= 0.6 is 0 Å². The molecule has 0 aromatic carbocycles. The molecule has 0 aliphatic rings. The summed E-state index contributed by atoms with van der Waals surface area (Å²) in [6.45, 7) is 0. The Labute approximate surface area is 47.8 Å². The molecule has 0 heterocycles. The van der Waals surface area contributed by atoms with Crippen molar-refractivity contribution in [2.24, 2.45) is 5.16 Å². The lowest BCUT2D eigenvalue weighted by Gasteiger charge is -1.97. The lowest BCUT2D eigenvalue weighted by atomic mass is 10.4. The lowest BCUT2D eigenvalue weighted by Crippen LogP contribution is -2.19. The maximum absolute atomic E-state index is 11.2. The van der Waals surface area contributed by atoms with E-state index in [0.717, 1.165) is 0 Å². The number of nitrogens with zero attached hydrogens (tertiary/aromatic N) is 1. The van der Waals surface area contributed by atoms with Crippen molar-refractivity contribution >= 4 is 5.71 Å². The maximum atomic E-state index is 11.2. The fourth-order valence-corrected chi connectivity index (χ4v) is 0.183. The lowest BCUT2D eigenvalue weighted by molar-refractivity contribution is 0.157. The van der Waals surface area contributed by atoms with Crippen molar-refractivity contribution in [1.29, 1.82) is 0 Å². The van der Waals surface area contributed by atoms with E-state index >= 15 is 0 Å². The average molecular weight is 145 g/mol. The highest BCUT2D eigenvalue weighted by Gasteiger charge is 2.23. The number of oxime groups is 1. The van der Waals surface area contributed by atoms with E-state index in [1.807, 2.05) is 0 Å². The molecule has 0 unspecified atom stereocenters. The smallest absolute Gasteiger partial charge is 0.285 e. The van der Waals surface area contributed by atoms with Crippen LogP contribution in [0.15, 0.2) is 5.16 Å². The van der Waals surface area contributed by atoms with Crippen LogP contribution in [0.3, 0.4) is 0 Å². The molecular formula is C3H3F4NO. The van der Waals surface area contributed by atoms with Gasteiger partial charge in [-0.1, -0.05) is 5.16 Å². The molecule has 0 saturated heterocycles. The van der Waals surface area contributed by atoms with Gasteiger partial charge in [0.25, 0.3) is 12.9 Å². The Morgan fingerprint density at radius 1 is 1.11 bits per heavy atom. The molecule has 2 nitrogen and oxygen atoms in total. The normalized spacial score (nSPS) is 10.4. The van der Waals surface area contributed by atoms with Crippen molar-refractivity contribution in [3.63, 3.8) is 0 Å². The quantitative estimate of drug-likeness (QED) is 0.270. The van der Waals surface area contributed by atoms with E-state index in [0.29, 0.717) is 0 Å². The highest BCUT2D eigenvalue weighted by Crippen LogP contribution is 2.05. The van der Waals surface area contributed by atoms with Crippen molar-refractivity contribution in [2.45, 2.75) is 12.9 Å². The Morgan fingerprint density at radius 2 is 1.44 bits per heavy atom. The van der Waals surface area contributed by atoms with Crippen LogP contribution < -0.4 is 0 Å². The summed E-state index contributed by atoms with van der Waals surface area (Å²) >= 11 is 0. The molecule has 0 rings (SSSR count). The van der Waals surface area contributed by atoms with Crippen molar-refractivity contribution in [2.75, 3.05) is 0 Å². The molecule has 0 atom stereocenters. The Balaban J connectivity index is 4.01. The Kier molecular flexibility index (Phi) is 2.97. The number of halogens is 4. The minimum absolute atomic E-state index is 1.70. The second-order valence-corrected chi connectivity index (χ2v) is 1.13. The number of hydrogen-bond acceptors (Lipinski definition) is 2. The highest BCUT2D eigenvalue weighted by molar-refractivity contribution is 5.89. The zero-order valence-electron chi connectivity index (χ0n) is 4.06. The van der Waals surface area contributed by atoms with Gasteiger partial charge in [-0.2, -0.15) is 0 Å². The van der Waals surface area contributed by atoms with Crippen LogP contribution in [0.4, 0.5) is 17.6 Å². The van der Waals surface area contributed by atoms with Gasteiger partial charge in [0.1, 0.15) is 0 Å². The molecule has 0 bridgehead atoms. The standard InChI is InChI=1S/C3H3F4NO/c4-2(5)1(8-9)3(6)7/h2-3,9H. The third-order valence-corrected chi connectivity index (χ3v) is 0.563. The summed E-state index contributed by atoms with van der Waals surface area (Å²) in [5, 5.41) is 9.20. The number of alkyl halides is 4. The van der Waals surface area contributed by atoms with E-state index in [1.165, 1.54) is 0 Å². The van der Waals surface area contributed by atoms with Crippen LogP contribution in [0.1, 0.15) is 0 Å². The molecule has 0 amide bonds. The molecule has 0 fully saturated rings. The van der Waals surface area contributed by atoms with Crippen LogP contribution in [-0.2, 0) is 0 Å². The average Bonchev–Trinajstić information content (AvgIpc) is 1.64. The molecule has 9 heavy (non-hydrogen) atoms. The largest absolute Gasteiger partial charge is 0.411 e. The van der Waals surface area contributed by atoms with Gasteiger partial charge in [0.05, 0.1) is 0 Å². The first-order valence-electron chi connectivity index (χ1n) is 1.87. The van der Waals surface area contributed by atoms with Gasteiger partial charge in [-0.05, 0) is 0 Å². The number of hydrogen-bond donors (Lipinski definition) is 1. The molecule has 0 radical (unpaired) electrons. The summed E-state index contributed by atoms with van der Waals surface area (Å²) in [5.41, 5.74) is -1.80. The van der Waals surface area contributed by atoms with Gasteiger partial charge in [-0.15, -0.1) is 0 Å². The van der Waals surface area contributed by atoms with E-state index in [9.17, 15) is 17.6 Å². The second kappa shape index (κ2) is 3.26. The van der Waals surface area contributed by atoms with Crippen LogP contribution in [0, 0.1) is 0 Å². The van der Waals surface area contributed by atoms with Gasteiger partial charge in [-0.25, -0.2) is 17.6 Å². The fraction of sp³-hybridized carbons (Fsp3) is 0.667. The van der Waals surface area contributed by atoms with Gasteiger partial charge >= 0.3 is 0 Å². The van der Waals surface area contributed by atoms with Crippen LogP contribution in [-0.4, -0.2) is 23.8 Å². The molecule has 0 aliphatic carbocycles. The third kappa shape index (κ3) is 2.29. The zero-order valence-corrected chi connectivity index (χ0v) is 4.06. The molecule has 0 aliphatic heterocycles. The summed E-state index contributed by atoms with van der Waals surface area (Å²) in [7, 11) is 0. The summed E-state index contributed by atoms with van der Waals surface area (Å²) in [4.78, 5) is 0. The summed E-state index contributed by atoms with van der Waals surface area (Å²) in [6.07, 6.45) is -6.79. The predicted molar refractivity (Wildman–Crippen MR) is 21.2 cm³/mol. The molecule has 6 heteroatoms. The minimum Gasteiger partial charge on any atom is -0.411 e. The Hall–Kier alpha value is -0.810. The van der Waals surface area contributed by atoms with E-state index < -0.39 is 18.6 Å². The molecule has 0 aromatic rings. The van der Waals surface area contributed by atoms with Crippen molar-refractivity contribution in [1.82, 2.24) is 0 Å². The second-order valence-electron chi connectivity index (χ2n) is 1.13. The first-order valence-corrected chi connectivity index (χ1v) is 1.87. The zero-order chi connectivity index (χ0) is 7.44. The van der Waals surface area contributed by atoms with Crippen LogP contribution in [0.2, 0.25) is 0 Å². The van der Waals surface area contributed by atoms with Gasteiger partial charge in [0.2, 0.25) is 0 Å². The van der Waals surface area contributed by atoms with E-state index in [-0.39, 0.29) is 0 Å². The van der Waals surface area contributed by atoms with Gasteiger partial charge in [0, 0.05) is 0 Å². The van der Waals surface area contributed by atoms with Crippen molar-refractivity contribution in [3.8, 4) is 0 Å². The van der Waals surface area contributed by atoms with Crippen LogP contribution in [0.25, 0.3) is 0 Å². The molecule has 0 spiro atoms. The Bertz CT molecular complexity index is 102. The summed E-state index contributed by atoms with van der Waals surface area (Å²) in [5.74, 6) is 0. The highest BCUT2D eigenvalue weighted by atomic mass is 19.3. The van der Waals surface area contributed by atoms with Gasteiger partial charge in [0.15, 0.2) is 5.71 Å². The number of rotatable bonds is 2. The fourth-order valence-electron chi connectivity index (χ4n) is 0.183. The van der Waals surface area contributed by atoms with Crippen molar-refractivity contribution < 1.29 is 22.8 Å². The molecule has 0 aromatic heterocycles. The van der Waals surface area contributed by atoms with Crippen molar-refractivity contribution in [3.05, 3.63) is 0 Å². The molecule has 0 saturated carbocycles. The van der Waals surface area contributed by atoms with Gasteiger partial charge in [-0.3, -0.25) is 0 Å². The van der Waals surface area contributed by atoms with Crippen LogP contribution in [0.5, 0.6) is 0 Å². The van der Waals surface area contributed by atoms with E-state index in [1.54, 1.807) is 5.16 Å². The SMILES string of the molecule is ON=C(C(F)F)C(F)F. The molecule has 1 N–H and O–H groups in total. The topological polar surface area (TPSA) is 32.6 Å². The summed E-state index contributed by atoms with van der Waals surface area (Å²) in [6, 6.07) is 0. The van der Waals surface area contributed by atoms with E-state index in [4.69, 9.17) is 5.21 Å². The first-order chi connectivity index (χ1) is 4.09. The monoisotopic (exact) mass is 145 g/mol. The Morgan fingerprint density at radius 3 is 1.44 bits per heavy atom. The molecular weight excluding hydrogens is 142 g/mol. The first kappa shape index (κ1) is 8.19. The minimum atomic E-state index is -3.39. The predicted octanol–water partition coefficient (Wildman–Crippen LogP) is 1.35. The third-order valence-electron chi connectivity index (χ3n) is 0.563. The molecule has 54 valence electrons. The summed E-state index contributed by atoms with van der Waals surface area (Å²) < 4.78 is 44.7. The maximum Gasteiger partial charge on any atom is 0.285 e. The van der Waals surface area contributed by atoms with Gasteiger partial charge < -0.3 is 5.21 Å².